The van der Waals surface area contributed by atoms with Crippen molar-refractivity contribution in [2.24, 2.45) is 5.73 Å². The van der Waals surface area contributed by atoms with Gasteiger partial charge >= 0.3 is 5.97 Å². The number of aliphatic hydroxyl groups excluding tert-OH is 2. The number of aliphatic hydroxyl groups is 2. The fourth-order valence-corrected chi connectivity index (χ4v) is 0.679. The number of ether oxygens (including phenoxy) is 1. The fraction of sp³-hybridized carbons (Fsp3) is 0.625. The molecule has 0 saturated carbocycles. The number of esters is 1. The maximum atomic E-state index is 10.8. The first kappa shape index (κ1) is 11.9. The first-order valence-corrected chi connectivity index (χ1v) is 3.99. The number of rotatable bonds is 5. The van der Waals surface area contributed by atoms with Crippen molar-refractivity contribution in [3.05, 3.63) is 11.8 Å². The summed E-state index contributed by atoms with van der Waals surface area (Å²) in [6.07, 6.45) is 0.525. The molecule has 0 heterocycles. The molecule has 0 aromatic rings. The van der Waals surface area contributed by atoms with Crippen molar-refractivity contribution in [1.29, 1.82) is 0 Å². The Hall–Kier alpha value is -1.07. The van der Waals surface area contributed by atoms with Crippen molar-refractivity contribution >= 4 is 5.97 Å². The lowest BCUT2D eigenvalue weighted by molar-refractivity contribution is -0.162. The van der Waals surface area contributed by atoms with E-state index in [1.54, 1.807) is 6.92 Å². The molecule has 1 unspecified atom stereocenters. The maximum Gasteiger partial charge on any atom is 0.334 e. The van der Waals surface area contributed by atoms with Crippen LogP contribution >= 0.6 is 0 Å². The number of nitrogens with two attached hydrogens (primary N) is 1. The monoisotopic (exact) mass is 189 g/mol. The van der Waals surface area contributed by atoms with Crippen LogP contribution in [0.25, 0.3) is 0 Å². The van der Waals surface area contributed by atoms with E-state index in [1.165, 1.54) is 0 Å². The quantitative estimate of drug-likeness (QED) is 0.307. The maximum absolute atomic E-state index is 10.8. The predicted octanol–water partition coefficient (Wildman–Crippen LogP) is -0.517. The zero-order valence-electron chi connectivity index (χ0n) is 7.56. The number of hydrogen-bond donors (Lipinski definition) is 3. The minimum atomic E-state index is -1.17. The van der Waals surface area contributed by atoms with Gasteiger partial charge in [-0.25, -0.2) is 4.79 Å². The summed E-state index contributed by atoms with van der Waals surface area (Å²) in [7, 11) is 0. The molecule has 0 aromatic carbocycles. The van der Waals surface area contributed by atoms with Crippen LogP contribution in [0.3, 0.4) is 0 Å². The summed E-state index contributed by atoms with van der Waals surface area (Å²) in [6, 6.07) is 0. The van der Waals surface area contributed by atoms with Gasteiger partial charge in [0.05, 0.1) is 0 Å². The zero-order valence-corrected chi connectivity index (χ0v) is 7.56. The third-order valence-corrected chi connectivity index (χ3v) is 1.21. The van der Waals surface area contributed by atoms with Crippen molar-refractivity contribution in [3.63, 3.8) is 0 Å². The lowest BCUT2D eigenvalue weighted by atomic mass is 10.3. The van der Waals surface area contributed by atoms with E-state index in [2.05, 4.69) is 4.74 Å². The summed E-state index contributed by atoms with van der Waals surface area (Å²) < 4.78 is 4.51. The molecule has 0 rings (SSSR count). The van der Waals surface area contributed by atoms with E-state index in [0.29, 0.717) is 12.1 Å². The van der Waals surface area contributed by atoms with Gasteiger partial charge in [0, 0.05) is 24.8 Å². The number of hydrogen-bond acceptors (Lipinski definition) is 5. The zero-order chi connectivity index (χ0) is 10.3. The Morgan fingerprint density at radius 3 is 2.77 bits per heavy atom. The highest BCUT2D eigenvalue weighted by molar-refractivity contribution is 5.82. The first-order chi connectivity index (χ1) is 6.06. The molecule has 0 spiro atoms. The minimum absolute atomic E-state index is 0.0413. The molecule has 0 aliphatic heterocycles. The predicted molar refractivity (Wildman–Crippen MR) is 46.4 cm³/mol. The second-order valence-corrected chi connectivity index (χ2v) is 2.65. The number of allylic oxidation sites excluding steroid dienone is 1. The topological polar surface area (TPSA) is 92.8 Å². The van der Waals surface area contributed by atoms with E-state index in [9.17, 15) is 4.79 Å². The SMILES string of the molecule is C/C(N)=C\C(=O)OC(O)CCCO. The molecule has 0 fully saturated rings. The summed E-state index contributed by atoms with van der Waals surface area (Å²) >= 11 is 0. The van der Waals surface area contributed by atoms with Crippen LogP contribution < -0.4 is 5.73 Å². The van der Waals surface area contributed by atoms with Crippen molar-refractivity contribution in [2.45, 2.75) is 26.1 Å². The standard InChI is InChI=1S/C8H15NO4/c1-6(9)5-8(12)13-7(11)3-2-4-10/h5,7,10-11H,2-4,9H2,1H3/b6-5+. The summed E-state index contributed by atoms with van der Waals surface area (Å²) in [5.74, 6) is -0.676. The van der Waals surface area contributed by atoms with E-state index in [1.807, 2.05) is 0 Å². The van der Waals surface area contributed by atoms with Gasteiger partial charge in [0.15, 0.2) is 0 Å². The molecule has 0 aromatic heterocycles. The second kappa shape index (κ2) is 6.45. The van der Waals surface area contributed by atoms with Gasteiger partial charge in [-0.15, -0.1) is 0 Å². The van der Waals surface area contributed by atoms with E-state index in [-0.39, 0.29) is 13.0 Å². The summed E-state index contributed by atoms with van der Waals surface area (Å²) in [5, 5.41) is 17.5. The third kappa shape index (κ3) is 7.30. The van der Waals surface area contributed by atoms with Gasteiger partial charge in [0.2, 0.25) is 6.29 Å². The van der Waals surface area contributed by atoms with Crippen molar-refractivity contribution in [2.75, 3.05) is 6.61 Å². The molecule has 0 aliphatic rings. The van der Waals surface area contributed by atoms with Crippen LogP contribution in [0.15, 0.2) is 11.8 Å². The average Bonchev–Trinajstić information content (AvgIpc) is 1.98. The average molecular weight is 189 g/mol. The third-order valence-electron chi connectivity index (χ3n) is 1.21. The van der Waals surface area contributed by atoms with Crippen LogP contribution in [0.5, 0.6) is 0 Å². The van der Waals surface area contributed by atoms with Crippen LogP contribution in [0.4, 0.5) is 0 Å². The van der Waals surface area contributed by atoms with Gasteiger partial charge in [-0.2, -0.15) is 0 Å². The van der Waals surface area contributed by atoms with E-state index in [4.69, 9.17) is 15.9 Å². The van der Waals surface area contributed by atoms with Gasteiger partial charge in [-0.3, -0.25) is 0 Å². The van der Waals surface area contributed by atoms with Gasteiger partial charge in [0.1, 0.15) is 0 Å². The molecule has 4 N–H and O–H groups in total. The summed E-state index contributed by atoms with van der Waals surface area (Å²) in [5.41, 5.74) is 5.53. The van der Waals surface area contributed by atoms with Crippen molar-refractivity contribution in [3.8, 4) is 0 Å². The molecule has 0 bridgehead atoms. The van der Waals surface area contributed by atoms with E-state index >= 15 is 0 Å². The first-order valence-electron chi connectivity index (χ1n) is 3.99. The highest BCUT2D eigenvalue weighted by atomic mass is 16.6. The summed E-state index contributed by atoms with van der Waals surface area (Å²) in [6.45, 7) is 1.50. The smallest absolute Gasteiger partial charge is 0.334 e. The highest BCUT2D eigenvalue weighted by Gasteiger charge is 2.07. The van der Waals surface area contributed by atoms with Crippen LogP contribution in [-0.2, 0) is 9.53 Å². The molecule has 0 amide bonds. The lowest BCUT2D eigenvalue weighted by Crippen LogP contribution is -2.17. The Bertz CT molecular complexity index is 187. The molecule has 1 atom stereocenters. The normalized spacial score (nSPS) is 13.9. The minimum Gasteiger partial charge on any atom is -0.433 e. The molecule has 0 radical (unpaired) electrons. The van der Waals surface area contributed by atoms with Crippen LogP contribution in [-0.4, -0.2) is 29.1 Å². The van der Waals surface area contributed by atoms with Gasteiger partial charge in [-0.1, -0.05) is 0 Å². The van der Waals surface area contributed by atoms with E-state index < -0.39 is 12.3 Å². The lowest BCUT2D eigenvalue weighted by Gasteiger charge is -2.09. The molecule has 5 nitrogen and oxygen atoms in total. The second-order valence-electron chi connectivity index (χ2n) is 2.65. The largest absolute Gasteiger partial charge is 0.433 e. The fourth-order valence-electron chi connectivity index (χ4n) is 0.679. The van der Waals surface area contributed by atoms with Gasteiger partial charge in [0.25, 0.3) is 0 Å². The van der Waals surface area contributed by atoms with Crippen molar-refractivity contribution < 1.29 is 19.7 Å². The van der Waals surface area contributed by atoms with Crippen LogP contribution in [0.2, 0.25) is 0 Å². The Balaban J connectivity index is 3.72. The Morgan fingerprint density at radius 1 is 1.69 bits per heavy atom. The molecular formula is C8H15NO4. The Kier molecular flexibility index (Phi) is 5.92. The van der Waals surface area contributed by atoms with Gasteiger partial charge in [-0.05, 0) is 13.3 Å². The van der Waals surface area contributed by atoms with Gasteiger partial charge < -0.3 is 20.7 Å². The number of carbonyl (C=O) groups is 1. The molecule has 13 heavy (non-hydrogen) atoms. The molecule has 76 valence electrons. The number of carbonyl (C=O) groups excluding carboxylic acids is 1. The molecular weight excluding hydrogens is 174 g/mol. The Morgan fingerprint density at radius 2 is 2.31 bits per heavy atom. The molecule has 0 saturated heterocycles. The Labute approximate surface area is 76.8 Å². The van der Waals surface area contributed by atoms with Crippen molar-refractivity contribution in [1.82, 2.24) is 0 Å². The molecule has 5 heteroatoms. The summed E-state index contributed by atoms with van der Waals surface area (Å²) in [4.78, 5) is 10.8. The van der Waals surface area contributed by atoms with Crippen LogP contribution in [0.1, 0.15) is 19.8 Å². The highest BCUT2D eigenvalue weighted by Crippen LogP contribution is 1.99. The van der Waals surface area contributed by atoms with Crippen LogP contribution in [0, 0.1) is 0 Å². The molecule has 0 aliphatic carbocycles. The van der Waals surface area contributed by atoms with E-state index in [0.717, 1.165) is 6.08 Å².